The fourth-order valence-electron chi connectivity index (χ4n) is 0.0655. The van der Waals surface area contributed by atoms with Crippen molar-refractivity contribution >= 4 is 6.21 Å². The van der Waals surface area contributed by atoms with E-state index < -0.39 is 12.4 Å². The summed E-state index contributed by atoms with van der Waals surface area (Å²) in [5, 5.41) is 0. The van der Waals surface area contributed by atoms with Gasteiger partial charge >= 0.3 is 12.4 Å². The Balaban J connectivity index is 0. The quantitative estimate of drug-likeness (QED) is 0.291. The van der Waals surface area contributed by atoms with Gasteiger partial charge in [-0.05, 0) is 0 Å². The maximum atomic E-state index is 10.7. The zero-order valence-electron chi connectivity index (χ0n) is 5.81. The molecule has 10 heavy (non-hydrogen) atoms. The van der Waals surface area contributed by atoms with Gasteiger partial charge in [-0.15, -0.1) is 0 Å². The molecule has 0 aromatic rings. The Hall–Kier alpha value is -0.830. The molecule has 0 amide bonds. The van der Waals surface area contributed by atoms with Gasteiger partial charge < -0.3 is 5.53 Å². The van der Waals surface area contributed by atoms with Crippen molar-refractivity contribution in [1.82, 2.24) is 0 Å². The summed E-state index contributed by atoms with van der Waals surface area (Å²) >= 11 is 0. The molecule has 0 unspecified atom stereocenters. The number of alkyl halides is 3. The Morgan fingerprint density at radius 2 is 1.70 bits per heavy atom. The second-order valence-corrected chi connectivity index (χ2v) is 1.49. The molecule has 60 valence electrons. The molecular weight excluding hydrogens is 145 g/mol. The van der Waals surface area contributed by atoms with Crippen molar-refractivity contribution in [2.24, 2.45) is 0 Å². The van der Waals surface area contributed by atoms with Crippen molar-refractivity contribution in [3.05, 3.63) is 5.53 Å². The lowest BCUT2D eigenvalue weighted by molar-refractivity contribution is -0.102. The molecule has 0 spiro atoms. The van der Waals surface area contributed by atoms with Gasteiger partial charge in [0.2, 0.25) is 0 Å². The van der Waals surface area contributed by atoms with Crippen molar-refractivity contribution in [3.63, 3.8) is 0 Å². The molecule has 0 aromatic carbocycles. The Morgan fingerprint density at radius 1 is 1.40 bits per heavy atom. The van der Waals surface area contributed by atoms with E-state index in [9.17, 15) is 13.2 Å². The van der Waals surface area contributed by atoms with E-state index in [4.69, 9.17) is 5.53 Å². The van der Waals surface area contributed by atoms with Crippen LogP contribution < -0.4 is 0 Å². The highest BCUT2D eigenvalue weighted by Crippen LogP contribution is 2.08. The van der Waals surface area contributed by atoms with Crippen LogP contribution in [0.15, 0.2) is 0 Å². The maximum absolute atomic E-state index is 10.7. The molecule has 0 radical (unpaired) electrons. The third kappa shape index (κ3) is 27.2. The van der Waals surface area contributed by atoms with Gasteiger partial charge in [0.1, 0.15) is 0 Å². The van der Waals surface area contributed by atoms with Crippen molar-refractivity contribution in [3.8, 4) is 0 Å². The third-order valence-corrected chi connectivity index (χ3v) is 0.204. The average molecular weight is 154 g/mol. The normalized spacial score (nSPS) is 8.90. The molecule has 0 N–H and O–H groups in total. The molecule has 0 fully saturated rings. The van der Waals surface area contributed by atoms with Crippen LogP contribution in [0.4, 0.5) is 13.2 Å². The van der Waals surface area contributed by atoms with E-state index in [-0.39, 0.29) is 0 Å². The molecule has 5 heteroatoms. The molecule has 0 heterocycles. The first-order valence-corrected chi connectivity index (χ1v) is 2.73. The lowest BCUT2D eigenvalue weighted by Gasteiger charge is -1.84. The minimum Gasteiger partial charge on any atom is -0.362 e. The first-order chi connectivity index (χ1) is 4.47. The zero-order chi connectivity index (χ0) is 8.62. The molecule has 0 aliphatic rings. The highest BCUT2D eigenvalue weighted by atomic mass is 19.4. The number of nitrogens with zero attached hydrogens (tertiary/aromatic N) is 2. The van der Waals surface area contributed by atoms with Crippen molar-refractivity contribution < 1.29 is 18.0 Å². The van der Waals surface area contributed by atoms with Crippen molar-refractivity contribution in [2.45, 2.75) is 26.4 Å². The summed E-state index contributed by atoms with van der Waals surface area (Å²) < 4.78 is 32.2. The van der Waals surface area contributed by atoms with Gasteiger partial charge in [0.05, 0.1) is 0 Å². The summed E-state index contributed by atoms with van der Waals surface area (Å²) in [6, 6.07) is 0. The van der Waals surface area contributed by atoms with Crippen molar-refractivity contribution in [1.29, 1.82) is 0 Å². The first-order valence-electron chi connectivity index (χ1n) is 2.73. The predicted molar refractivity (Wildman–Crippen MR) is 31.7 cm³/mol. The smallest absolute Gasteiger partial charge is 0.362 e. The van der Waals surface area contributed by atoms with Gasteiger partial charge in [-0.2, -0.15) is 18.0 Å². The predicted octanol–water partition coefficient (Wildman–Crippen LogP) is 2.27. The van der Waals surface area contributed by atoms with Crippen LogP contribution >= 0.6 is 0 Å². The molecule has 0 saturated carbocycles. The highest BCUT2D eigenvalue weighted by Gasteiger charge is 2.30. The van der Waals surface area contributed by atoms with Crippen LogP contribution in [0.1, 0.15) is 20.3 Å². The number of hydrogen-bond donors (Lipinski definition) is 0. The molecule has 0 atom stereocenters. The van der Waals surface area contributed by atoms with E-state index in [0.717, 1.165) is 0 Å². The number of halogens is 3. The van der Waals surface area contributed by atoms with Gasteiger partial charge in [-0.3, -0.25) is 0 Å². The van der Waals surface area contributed by atoms with Crippen molar-refractivity contribution in [2.75, 3.05) is 0 Å². The molecule has 0 bridgehead atoms. The molecular formula is C5H9F3N2. The minimum absolute atomic E-state index is 0.507. The summed E-state index contributed by atoms with van der Waals surface area (Å²) in [5.74, 6) is 0. The monoisotopic (exact) mass is 154 g/mol. The van der Waals surface area contributed by atoms with E-state index >= 15 is 0 Å². The Labute approximate surface area is 57.3 Å². The molecule has 2 nitrogen and oxygen atoms in total. The van der Waals surface area contributed by atoms with Crippen LogP contribution in [-0.2, 0) is 0 Å². The van der Waals surface area contributed by atoms with Gasteiger partial charge in [0, 0.05) is 0 Å². The Kier molecular flexibility index (Phi) is 7.49. The summed E-state index contributed by atoms with van der Waals surface area (Å²) in [4.78, 5) is 1.76. The zero-order valence-corrected chi connectivity index (χ0v) is 5.81. The first kappa shape index (κ1) is 11.9. The fourth-order valence-corrected chi connectivity index (χ4v) is 0.0655. The fraction of sp³-hybridized carbons (Fsp3) is 0.800. The largest absolute Gasteiger partial charge is 0.487 e. The molecule has 0 aromatic heterocycles. The lowest BCUT2D eigenvalue weighted by atomic mass is 10.6. The topological polar surface area (TPSA) is 36.4 Å². The molecule has 0 aliphatic heterocycles. The number of rotatable bonds is 0. The van der Waals surface area contributed by atoms with Crippen LogP contribution in [0.2, 0.25) is 0 Å². The third-order valence-electron chi connectivity index (χ3n) is 0.204. The summed E-state index contributed by atoms with van der Waals surface area (Å²) in [7, 11) is 0. The van der Waals surface area contributed by atoms with Crippen LogP contribution in [0, 0.1) is 0 Å². The minimum atomic E-state index is -4.49. The van der Waals surface area contributed by atoms with Crippen LogP contribution in [0.5, 0.6) is 0 Å². The molecule has 0 rings (SSSR count). The van der Waals surface area contributed by atoms with E-state index in [1.807, 2.05) is 0 Å². The Morgan fingerprint density at radius 3 is 1.70 bits per heavy atom. The Bertz CT molecular complexity index is 113. The summed E-state index contributed by atoms with van der Waals surface area (Å²) in [6.07, 6.45) is -3.75. The lowest BCUT2D eigenvalue weighted by Crippen LogP contribution is -2.08. The summed E-state index contributed by atoms with van der Waals surface area (Å²) in [6.45, 7) is 4.25. The molecule has 0 saturated heterocycles. The van der Waals surface area contributed by atoms with Gasteiger partial charge in [-0.25, -0.2) is 0 Å². The second-order valence-electron chi connectivity index (χ2n) is 1.49. The van der Waals surface area contributed by atoms with Crippen LogP contribution in [0.25, 0.3) is 5.53 Å². The van der Waals surface area contributed by atoms with Crippen LogP contribution in [0.3, 0.4) is 0 Å². The van der Waals surface area contributed by atoms with Crippen LogP contribution in [-0.4, -0.2) is 17.2 Å². The second kappa shape index (κ2) is 6.29. The maximum Gasteiger partial charge on any atom is 0.487 e. The van der Waals surface area contributed by atoms with E-state index in [0.29, 0.717) is 0 Å². The standard InChI is InChI=1S/C3H8.C2HF3N2/c1-3-2;3-2(4,5)1-7-6/h3H2,1-2H3;1H. The average Bonchev–Trinajstić information content (AvgIpc) is 1.63. The van der Waals surface area contributed by atoms with E-state index in [1.54, 1.807) is 4.79 Å². The number of hydrogen-bond acceptors (Lipinski definition) is 0. The van der Waals surface area contributed by atoms with Gasteiger partial charge in [0.15, 0.2) is 0 Å². The van der Waals surface area contributed by atoms with Gasteiger partial charge in [0.25, 0.3) is 0 Å². The summed E-state index contributed by atoms with van der Waals surface area (Å²) in [5.41, 5.74) is 7.25. The van der Waals surface area contributed by atoms with E-state index in [1.165, 1.54) is 6.42 Å². The highest BCUT2D eigenvalue weighted by molar-refractivity contribution is 5.57. The van der Waals surface area contributed by atoms with E-state index in [2.05, 4.69) is 13.8 Å². The SMILES string of the molecule is CCC.[N-]=[N+]=CC(F)(F)F. The molecule has 0 aliphatic carbocycles. The van der Waals surface area contributed by atoms with Gasteiger partial charge in [-0.1, -0.05) is 20.3 Å².